The van der Waals surface area contributed by atoms with Crippen LogP contribution in [0.25, 0.3) is 0 Å². The van der Waals surface area contributed by atoms with Gasteiger partial charge in [-0.05, 0) is 55.7 Å². The number of carbonyl (C=O) groups excluding carboxylic acids is 2. The second-order valence-electron chi connectivity index (χ2n) is 9.00. The second kappa shape index (κ2) is 9.02. The zero-order valence-corrected chi connectivity index (χ0v) is 18.5. The van der Waals surface area contributed by atoms with Crippen LogP contribution >= 0.6 is 0 Å². The molecule has 1 aromatic rings. The van der Waals surface area contributed by atoms with Crippen LogP contribution in [0.4, 0.5) is 4.79 Å². The van der Waals surface area contributed by atoms with Crippen molar-refractivity contribution in [1.82, 2.24) is 10.2 Å². The smallest absolute Gasteiger partial charge is 0.324 e. The first-order chi connectivity index (χ1) is 14.9. The standard InChI is InChI=1S/C23H30N2O5S/c26-21-15-25(22(27)24-21)12-2-1-3-13-31(28,29)17-23(10-11-23)19-8-5-9-20(14-19)30-16-18-6-4-7-18/h1-2,5,8-9,14,18H,3-4,6-7,10-13,15-17H2,(H,24,26,27)/b2-1+. The number of allylic oxidation sites excluding steroid dienone is 1. The number of amides is 3. The van der Waals surface area contributed by atoms with E-state index >= 15 is 0 Å². The second-order valence-corrected chi connectivity index (χ2v) is 11.2. The predicted octanol–water partition coefficient (Wildman–Crippen LogP) is 2.81. The molecule has 1 aliphatic heterocycles. The molecule has 0 bridgehead atoms. The summed E-state index contributed by atoms with van der Waals surface area (Å²) in [6.07, 6.45) is 9.42. The Hall–Kier alpha value is -2.35. The number of hydrogen-bond donors (Lipinski definition) is 1. The Morgan fingerprint density at radius 2 is 2.00 bits per heavy atom. The Labute approximate surface area is 183 Å². The third-order valence-corrected chi connectivity index (χ3v) is 8.31. The van der Waals surface area contributed by atoms with E-state index in [1.807, 2.05) is 24.3 Å². The average molecular weight is 447 g/mol. The molecule has 8 heteroatoms. The van der Waals surface area contributed by atoms with Crippen molar-refractivity contribution in [3.8, 4) is 5.75 Å². The maximum Gasteiger partial charge on any atom is 0.324 e. The Kier molecular flexibility index (Phi) is 6.36. The van der Waals surface area contributed by atoms with Crippen molar-refractivity contribution in [1.29, 1.82) is 0 Å². The monoisotopic (exact) mass is 446 g/mol. The van der Waals surface area contributed by atoms with Crippen molar-refractivity contribution in [2.75, 3.05) is 31.2 Å². The molecular formula is C23H30N2O5S. The van der Waals surface area contributed by atoms with E-state index in [-0.39, 0.29) is 29.4 Å². The lowest BCUT2D eigenvalue weighted by Gasteiger charge is -2.25. The molecule has 0 radical (unpaired) electrons. The molecule has 168 valence electrons. The average Bonchev–Trinajstić information content (AvgIpc) is 3.38. The number of benzene rings is 1. The lowest BCUT2D eigenvalue weighted by Crippen LogP contribution is -2.28. The summed E-state index contributed by atoms with van der Waals surface area (Å²) < 4.78 is 31.4. The normalized spacial score (nSPS) is 20.7. The summed E-state index contributed by atoms with van der Waals surface area (Å²) in [7, 11) is -3.22. The fourth-order valence-corrected chi connectivity index (χ4v) is 6.08. The highest BCUT2D eigenvalue weighted by molar-refractivity contribution is 7.91. The highest BCUT2D eigenvalue weighted by Gasteiger charge is 2.47. The Morgan fingerprint density at radius 1 is 1.19 bits per heavy atom. The van der Waals surface area contributed by atoms with Crippen LogP contribution in [0.5, 0.6) is 5.75 Å². The summed E-state index contributed by atoms with van der Waals surface area (Å²) in [6, 6.07) is 7.54. The van der Waals surface area contributed by atoms with E-state index in [0.29, 0.717) is 18.9 Å². The number of hydrogen-bond acceptors (Lipinski definition) is 5. The highest BCUT2D eigenvalue weighted by atomic mass is 32.2. The number of urea groups is 1. The quantitative estimate of drug-likeness (QED) is 0.417. The number of sulfone groups is 1. The molecule has 0 spiro atoms. The summed E-state index contributed by atoms with van der Waals surface area (Å²) >= 11 is 0. The molecule has 31 heavy (non-hydrogen) atoms. The topological polar surface area (TPSA) is 92.8 Å². The van der Waals surface area contributed by atoms with Crippen LogP contribution in [0.15, 0.2) is 36.4 Å². The lowest BCUT2D eigenvalue weighted by atomic mass is 9.86. The van der Waals surface area contributed by atoms with Gasteiger partial charge in [-0.25, -0.2) is 13.2 Å². The molecule has 2 aliphatic carbocycles. The molecule has 1 saturated heterocycles. The molecule has 1 heterocycles. The predicted molar refractivity (Wildman–Crippen MR) is 118 cm³/mol. The van der Waals surface area contributed by atoms with Crippen molar-refractivity contribution in [2.45, 2.75) is 43.9 Å². The molecule has 3 fully saturated rings. The minimum atomic E-state index is -3.22. The van der Waals surface area contributed by atoms with E-state index in [2.05, 4.69) is 5.32 Å². The van der Waals surface area contributed by atoms with E-state index in [1.54, 1.807) is 12.2 Å². The van der Waals surface area contributed by atoms with Gasteiger partial charge in [0.05, 0.1) is 18.1 Å². The third kappa shape index (κ3) is 5.67. The highest BCUT2D eigenvalue weighted by Crippen LogP contribution is 2.50. The van der Waals surface area contributed by atoms with Crippen molar-refractivity contribution in [3.63, 3.8) is 0 Å². The van der Waals surface area contributed by atoms with Gasteiger partial charge in [-0.1, -0.05) is 30.7 Å². The van der Waals surface area contributed by atoms with E-state index < -0.39 is 15.9 Å². The number of imide groups is 1. The summed E-state index contributed by atoms with van der Waals surface area (Å²) in [4.78, 5) is 24.0. The van der Waals surface area contributed by atoms with Crippen LogP contribution in [0, 0.1) is 5.92 Å². The maximum absolute atomic E-state index is 12.7. The third-order valence-electron chi connectivity index (χ3n) is 6.46. The van der Waals surface area contributed by atoms with Crippen LogP contribution in [0.1, 0.15) is 44.1 Å². The first-order valence-electron chi connectivity index (χ1n) is 11.0. The number of nitrogens with zero attached hydrogens (tertiary/aromatic N) is 1. The van der Waals surface area contributed by atoms with Gasteiger partial charge in [0.1, 0.15) is 12.3 Å². The van der Waals surface area contributed by atoms with E-state index in [0.717, 1.165) is 30.8 Å². The van der Waals surface area contributed by atoms with Gasteiger partial charge in [0.25, 0.3) is 0 Å². The van der Waals surface area contributed by atoms with Crippen molar-refractivity contribution in [3.05, 3.63) is 42.0 Å². The Balaban J connectivity index is 1.27. The van der Waals surface area contributed by atoms with Gasteiger partial charge in [-0.15, -0.1) is 0 Å². The first kappa shape index (κ1) is 21.9. The van der Waals surface area contributed by atoms with Gasteiger partial charge in [0, 0.05) is 12.0 Å². The lowest BCUT2D eigenvalue weighted by molar-refractivity contribution is -0.118. The Bertz CT molecular complexity index is 964. The molecule has 0 aromatic heterocycles. The molecule has 3 amide bonds. The van der Waals surface area contributed by atoms with Crippen molar-refractivity contribution < 1.29 is 22.7 Å². The van der Waals surface area contributed by atoms with Gasteiger partial charge in [-0.3, -0.25) is 10.1 Å². The molecule has 1 N–H and O–H groups in total. The Morgan fingerprint density at radius 3 is 2.65 bits per heavy atom. The van der Waals surface area contributed by atoms with Gasteiger partial charge >= 0.3 is 6.03 Å². The van der Waals surface area contributed by atoms with Crippen LogP contribution in [0.3, 0.4) is 0 Å². The van der Waals surface area contributed by atoms with Crippen molar-refractivity contribution in [2.24, 2.45) is 5.92 Å². The van der Waals surface area contributed by atoms with Crippen LogP contribution in [0.2, 0.25) is 0 Å². The molecule has 0 unspecified atom stereocenters. The fraction of sp³-hybridized carbons (Fsp3) is 0.565. The van der Waals surface area contributed by atoms with E-state index in [1.165, 1.54) is 24.2 Å². The van der Waals surface area contributed by atoms with E-state index in [9.17, 15) is 18.0 Å². The van der Waals surface area contributed by atoms with Gasteiger partial charge in [-0.2, -0.15) is 0 Å². The number of ether oxygens (including phenoxy) is 1. The minimum Gasteiger partial charge on any atom is -0.493 e. The zero-order chi connectivity index (χ0) is 21.9. The summed E-state index contributed by atoms with van der Waals surface area (Å²) in [6.45, 7) is 1.09. The van der Waals surface area contributed by atoms with Crippen LogP contribution in [-0.4, -0.2) is 56.5 Å². The van der Waals surface area contributed by atoms with Crippen molar-refractivity contribution >= 4 is 21.8 Å². The maximum atomic E-state index is 12.7. The van der Waals surface area contributed by atoms with Gasteiger partial charge in [0.15, 0.2) is 9.84 Å². The number of rotatable bonds is 11. The zero-order valence-electron chi connectivity index (χ0n) is 17.7. The van der Waals surface area contributed by atoms with Gasteiger partial charge < -0.3 is 9.64 Å². The number of nitrogens with one attached hydrogen (secondary N) is 1. The van der Waals surface area contributed by atoms with Crippen LogP contribution in [-0.2, 0) is 20.0 Å². The van der Waals surface area contributed by atoms with E-state index in [4.69, 9.17) is 4.74 Å². The molecule has 7 nitrogen and oxygen atoms in total. The summed E-state index contributed by atoms with van der Waals surface area (Å²) in [5.41, 5.74) is 0.772. The first-order valence-corrected chi connectivity index (χ1v) is 12.8. The summed E-state index contributed by atoms with van der Waals surface area (Å²) in [5.74, 6) is 1.41. The SMILES string of the molecule is O=C1CN(C/C=C/CCS(=O)(=O)CC2(c3cccc(OCC4CCC4)c3)CC2)C(=O)N1. The minimum absolute atomic E-state index is 0.0490. The molecule has 1 aromatic carbocycles. The molecule has 0 atom stereocenters. The molecule has 4 rings (SSSR count). The molecule has 3 aliphatic rings. The largest absolute Gasteiger partial charge is 0.493 e. The molecule has 2 saturated carbocycles. The number of carbonyl (C=O) groups is 2. The van der Waals surface area contributed by atoms with Gasteiger partial charge in [0.2, 0.25) is 5.91 Å². The fourth-order valence-electron chi connectivity index (χ4n) is 4.15. The summed E-state index contributed by atoms with van der Waals surface area (Å²) in [5, 5.41) is 2.21. The molecular weight excluding hydrogens is 416 g/mol. The van der Waals surface area contributed by atoms with Crippen LogP contribution < -0.4 is 10.1 Å².